The van der Waals surface area contributed by atoms with Crippen molar-refractivity contribution in [3.63, 3.8) is 0 Å². The van der Waals surface area contributed by atoms with E-state index in [1.165, 1.54) is 35.3 Å². The number of alkyl halides is 3. The number of hydrogen-bond donors (Lipinski definition) is 2. The Hall–Kier alpha value is -4.12. The molecule has 0 aliphatic carbocycles. The molecule has 0 unspecified atom stereocenters. The lowest BCUT2D eigenvalue weighted by Gasteiger charge is -2.14. The molecule has 11 heteroatoms. The molecule has 4 aromatic rings. The van der Waals surface area contributed by atoms with Crippen molar-refractivity contribution in [3.05, 3.63) is 95.6 Å². The van der Waals surface area contributed by atoms with E-state index < -0.39 is 11.7 Å². The van der Waals surface area contributed by atoms with Gasteiger partial charge in [0.2, 0.25) is 0 Å². The lowest BCUT2D eigenvalue weighted by Crippen LogP contribution is -2.24. The van der Waals surface area contributed by atoms with Crippen molar-refractivity contribution >= 4 is 29.2 Å². The number of benzene rings is 3. The van der Waals surface area contributed by atoms with E-state index in [2.05, 4.69) is 25.9 Å². The predicted molar refractivity (Wildman–Crippen MR) is 139 cm³/mol. The zero-order valence-electron chi connectivity index (χ0n) is 19.8. The molecule has 0 saturated heterocycles. The highest BCUT2D eigenvalue weighted by Gasteiger charge is 2.30. The van der Waals surface area contributed by atoms with Crippen LogP contribution in [0.1, 0.15) is 36.5 Å². The number of thiocarbonyl (C=S) groups is 1. The van der Waals surface area contributed by atoms with Crippen LogP contribution in [0.25, 0.3) is 17.1 Å². The zero-order valence-corrected chi connectivity index (χ0v) is 20.6. The Labute approximate surface area is 216 Å². The van der Waals surface area contributed by atoms with Crippen LogP contribution in [0, 0.1) is 5.82 Å². The Kier molecular flexibility index (Phi) is 7.63. The van der Waals surface area contributed by atoms with E-state index in [4.69, 9.17) is 12.2 Å². The molecule has 0 radical (unpaired) electrons. The van der Waals surface area contributed by atoms with Crippen LogP contribution >= 0.6 is 12.2 Å². The third-order valence-corrected chi connectivity index (χ3v) is 5.58. The van der Waals surface area contributed by atoms with Crippen LogP contribution in [0.2, 0.25) is 0 Å². The normalized spacial score (nSPS) is 11.8. The van der Waals surface area contributed by atoms with E-state index in [0.717, 1.165) is 28.8 Å². The van der Waals surface area contributed by atoms with Gasteiger partial charge in [0.25, 0.3) is 0 Å². The largest absolute Gasteiger partial charge is 0.416 e. The average Bonchev–Trinajstić information content (AvgIpc) is 3.34. The van der Waals surface area contributed by atoms with Gasteiger partial charge in [-0.25, -0.2) is 14.1 Å². The van der Waals surface area contributed by atoms with E-state index >= 15 is 0 Å². The molecular formula is C26H22F4N6S. The third-order valence-electron chi connectivity index (χ3n) is 5.39. The average molecular weight is 527 g/mol. The van der Waals surface area contributed by atoms with E-state index in [9.17, 15) is 17.6 Å². The molecule has 0 amide bonds. The number of nitrogens with one attached hydrogen (secondary N) is 2. The van der Waals surface area contributed by atoms with Gasteiger partial charge in [-0.15, -0.1) is 5.10 Å². The summed E-state index contributed by atoms with van der Waals surface area (Å²) in [6.45, 7) is 4.01. The molecule has 4 rings (SSSR count). The first-order valence-electron chi connectivity index (χ1n) is 11.2. The van der Waals surface area contributed by atoms with Crippen molar-refractivity contribution < 1.29 is 17.6 Å². The monoisotopic (exact) mass is 526 g/mol. The van der Waals surface area contributed by atoms with Crippen LogP contribution in [0.5, 0.6) is 0 Å². The molecule has 0 fully saturated rings. The minimum Gasteiger partial charge on any atom is -0.331 e. The summed E-state index contributed by atoms with van der Waals surface area (Å²) in [5.41, 5.74) is 5.45. The Bertz CT molecular complexity index is 1410. The number of halogens is 4. The molecule has 37 heavy (non-hydrogen) atoms. The van der Waals surface area contributed by atoms with E-state index in [-0.39, 0.29) is 16.8 Å². The van der Waals surface area contributed by atoms with Gasteiger partial charge < -0.3 is 5.32 Å². The first-order valence-corrected chi connectivity index (χ1v) is 11.6. The van der Waals surface area contributed by atoms with E-state index in [1.54, 1.807) is 36.5 Å². The molecule has 190 valence electrons. The Balaban J connectivity index is 1.37. The molecule has 2 N–H and O–H groups in total. The van der Waals surface area contributed by atoms with Gasteiger partial charge in [0, 0.05) is 11.3 Å². The number of rotatable bonds is 6. The standard InChI is InChI=1S/C26H22F4N6S/c1-16(2)22-12-9-20(27)13-23(22)33-25(37)34-32-14-17-3-5-18(6-4-17)24-31-15-36(35-24)21-10-7-19(8-11-21)26(28,29)30/h3-16H,1-2H3,(H2,33,34,37). The first-order chi connectivity index (χ1) is 17.6. The summed E-state index contributed by atoms with van der Waals surface area (Å²) in [5, 5.41) is 11.7. The molecule has 1 aromatic heterocycles. The lowest BCUT2D eigenvalue weighted by atomic mass is 10.0. The SMILES string of the molecule is CC(C)c1ccc(F)cc1NC(=S)NN=Cc1ccc(-c2ncn(-c3ccc(C(F)(F)F)cc3)n2)cc1. The maximum absolute atomic E-state index is 13.7. The number of hydrazone groups is 1. The van der Waals surface area contributed by atoms with Crippen LogP contribution in [-0.2, 0) is 6.18 Å². The van der Waals surface area contributed by atoms with Gasteiger partial charge in [0.15, 0.2) is 10.9 Å². The van der Waals surface area contributed by atoms with Crippen LogP contribution in [-0.4, -0.2) is 26.1 Å². The van der Waals surface area contributed by atoms with Crippen molar-refractivity contribution in [2.45, 2.75) is 25.9 Å². The number of aromatic nitrogens is 3. The minimum absolute atomic E-state index is 0.184. The van der Waals surface area contributed by atoms with Gasteiger partial charge >= 0.3 is 6.18 Å². The molecule has 0 spiro atoms. The highest BCUT2D eigenvalue weighted by atomic mass is 32.1. The highest BCUT2D eigenvalue weighted by molar-refractivity contribution is 7.80. The summed E-state index contributed by atoms with van der Waals surface area (Å²) in [5.74, 6) is 0.239. The van der Waals surface area contributed by atoms with Crippen LogP contribution in [0.4, 0.5) is 23.2 Å². The lowest BCUT2D eigenvalue weighted by molar-refractivity contribution is -0.137. The second kappa shape index (κ2) is 10.9. The van der Waals surface area contributed by atoms with Gasteiger partial charge in [-0.1, -0.05) is 44.2 Å². The summed E-state index contributed by atoms with van der Waals surface area (Å²) in [6.07, 6.45) is -1.39. The number of hydrogen-bond acceptors (Lipinski definition) is 4. The number of anilines is 1. The molecule has 0 atom stereocenters. The fraction of sp³-hybridized carbons (Fsp3) is 0.154. The van der Waals surface area contributed by atoms with E-state index in [0.29, 0.717) is 17.2 Å². The number of nitrogens with zero attached hydrogens (tertiary/aromatic N) is 4. The van der Waals surface area contributed by atoms with Crippen LogP contribution in [0.15, 0.2) is 78.2 Å². The fourth-order valence-electron chi connectivity index (χ4n) is 3.50. The van der Waals surface area contributed by atoms with Gasteiger partial charge in [0.1, 0.15) is 12.1 Å². The maximum Gasteiger partial charge on any atom is 0.416 e. The molecule has 0 bridgehead atoms. The van der Waals surface area contributed by atoms with Crippen molar-refractivity contribution in [1.29, 1.82) is 0 Å². The molecule has 1 heterocycles. The summed E-state index contributed by atoms with van der Waals surface area (Å²) < 4.78 is 53.4. The topological polar surface area (TPSA) is 67.1 Å². The maximum atomic E-state index is 13.7. The van der Waals surface area contributed by atoms with Gasteiger partial charge in [-0.05, 0) is 65.7 Å². The van der Waals surface area contributed by atoms with Crippen LogP contribution in [0.3, 0.4) is 0 Å². The molecule has 3 aromatic carbocycles. The summed E-state index contributed by atoms with van der Waals surface area (Å²) in [6, 6.07) is 16.4. The highest BCUT2D eigenvalue weighted by Crippen LogP contribution is 2.29. The van der Waals surface area contributed by atoms with Crippen molar-refractivity contribution in [2.75, 3.05) is 5.32 Å². The van der Waals surface area contributed by atoms with Crippen molar-refractivity contribution in [1.82, 2.24) is 20.2 Å². The van der Waals surface area contributed by atoms with Crippen molar-refractivity contribution in [3.8, 4) is 17.1 Å². The summed E-state index contributed by atoms with van der Waals surface area (Å²) in [4.78, 5) is 4.25. The molecule has 0 saturated carbocycles. The smallest absolute Gasteiger partial charge is 0.331 e. The van der Waals surface area contributed by atoms with Crippen LogP contribution < -0.4 is 10.7 Å². The zero-order chi connectivity index (χ0) is 26.6. The second-order valence-corrected chi connectivity index (χ2v) is 8.80. The first kappa shape index (κ1) is 26.0. The predicted octanol–water partition coefficient (Wildman–Crippen LogP) is 6.54. The Morgan fingerprint density at radius 2 is 1.73 bits per heavy atom. The second-order valence-electron chi connectivity index (χ2n) is 8.39. The summed E-state index contributed by atoms with van der Waals surface area (Å²) in [7, 11) is 0. The van der Waals surface area contributed by atoms with Gasteiger partial charge in [0.05, 0.1) is 17.5 Å². The van der Waals surface area contributed by atoms with E-state index in [1.807, 2.05) is 13.8 Å². The van der Waals surface area contributed by atoms with Gasteiger partial charge in [-0.3, -0.25) is 5.43 Å². The minimum atomic E-state index is -4.40. The Morgan fingerprint density at radius 1 is 1.03 bits per heavy atom. The third kappa shape index (κ3) is 6.56. The molecule has 0 aliphatic rings. The van der Waals surface area contributed by atoms with Crippen molar-refractivity contribution in [2.24, 2.45) is 5.10 Å². The quantitative estimate of drug-likeness (QED) is 0.129. The Morgan fingerprint density at radius 3 is 2.38 bits per heavy atom. The molecule has 0 aliphatic heterocycles. The fourth-order valence-corrected chi connectivity index (χ4v) is 3.66. The van der Waals surface area contributed by atoms with Gasteiger partial charge in [-0.2, -0.15) is 18.3 Å². The molecule has 6 nitrogen and oxygen atoms in total. The molecular weight excluding hydrogens is 504 g/mol. The summed E-state index contributed by atoms with van der Waals surface area (Å²) >= 11 is 5.26.